The lowest BCUT2D eigenvalue weighted by molar-refractivity contribution is -0.141. The molecule has 3 nitrogen and oxygen atoms in total. The Kier molecular flexibility index (Phi) is 3.28. The highest BCUT2D eigenvalue weighted by molar-refractivity contribution is 5.96. The van der Waals surface area contributed by atoms with Gasteiger partial charge in [-0.1, -0.05) is 6.07 Å². The Morgan fingerprint density at radius 3 is 2.45 bits per heavy atom. The zero-order chi connectivity index (χ0) is 14.3. The smallest absolute Gasteiger partial charge is 0.375 e. The van der Waals surface area contributed by atoms with Crippen LogP contribution in [0.1, 0.15) is 41.9 Å². The molecule has 0 saturated carbocycles. The second-order valence-corrected chi connectivity index (χ2v) is 5.40. The minimum atomic E-state index is -4.52. The van der Waals surface area contributed by atoms with Crippen molar-refractivity contribution in [1.29, 1.82) is 0 Å². The molecular formula is C14H14F3NO2. The molecule has 2 unspecified atom stereocenters. The van der Waals surface area contributed by atoms with E-state index in [2.05, 4.69) is 4.98 Å². The second-order valence-electron chi connectivity index (χ2n) is 5.40. The van der Waals surface area contributed by atoms with Crippen LogP contribution in [0.2, 0.25) is 0 Å². The van der Waals surface area contributed by atoms with E-state index < -0.39 is 11.9 Å². The third-order valence-electron chi connectivity index (χ3n) is 3.95. The molecule has 3 heterocycles. The number of fused-ring (bicyclic) bond motifs is 2. The molecular weight excluding hydrogens is 271 g/mol. The number of hydrogen-bond acceptors (Lipinski definition) is 3. The van der Waals surface area contributed by atoms with Crippen LogP contribution in [0.15, 0.2) is 18.2 Å². The number of nitrogens with zero attached hydrogens (tertiary/aromatic N) is 1. The molecule has 0 aliphatic carbocycles. The summed E-state index contributed by atoms with van der Waals surface area (Å²) in [6, 6.07) is 3.47. The zero-order valence-corrected chi connectivity index (χ0v) is 10.7. The van der Waals surface area contributed by atoms with Crippen molar-refractivity contribution in [3.8, 4) is 0 Å². The highest BCUT2D eigenvalue weighted by Gasteiger charge is 2.39. The number of carbonyl (C=O) groups excluding carboxylic acids is 1. The summed E-state index contributed by atoms with van der Waals surface area (Å²) >= 11 is 0. The molecule has 2 aliphatic rings. The quantitative estimate of drug-likeness (QED) is 0.783. The van der Waals surface area contributed by atoms with Crippen LogP contribution in [0.4, 0.5) is 13.2 Å². The number of carbonyl (C=O) groups is 1. The molecule has 0 amide bonds. The molecule has 1 aromatic heterocycles. The minimum absolute atomic E-state index is 0.0773. The maximum absolute atomic E-state index is 12.6. The van der Waals surface area contributed by atoms with Gasteiger partial charge in [0.2, 0.25) is 0 Å². The van der Waals surface area contributed by atoms with Crippen LogP contribution in [0.25, 0.3) is 0 Å². The van der Waals surface area contributed by atoms with Crippen molar-refractivity contribution in [2.75, 3.05) is 0 Å². The summed E-state index contributed by atoms with van der Waals surface area (Å²) in [5, 5.41) is 0. The predicted octanol–water partition coefficient (Wildman–Crippen LogP) is 3.24. The van der Waals surface area contributed by atoms with Crippen LogP contribution in [0.5, 0.6) is 0 Å². The van der Waals surface area contributed by atoms with Crippen LogP contribution < -0.4 is 0 Å². The largest absolute Gasteiger partial charge is 0.433 e. The molecule has 2 fully saturated rings. The zero-order valence-electron chi connectivity index (χ0n) is 10.7. The van der Waals surface area contributed by atoms with Crippen LogP contribution in [-0.4, -0.2) is 23.0 Å². The summed E-state index contributed by atoms with van der Waals surface area (Å²) in [5.41, 5.74) is -1.11. The van der Waals surface area contributed by atoms with Gasteiger partial charge in [-0.15, -0.1) is 0 Å². The number of pyridine rings is 1. The molecule has 6 heteroatoms. The van der Waals surface area contributed by atoms with E-state index in [1.807, 2.05) is 0 Å². The van der Waals surface area contributed by atoms with Gasteiger partial charge in [-0.2, -0.15) is 13.2 Å². The van der Waals surface area contributed by atoms with Gasteiger partial charge in [-0.3, -0.25) is 4.79 Å². The normalized spacial score (nSPS) is 29.4. The van der Waals surface area contributed by atoms with Crippen molar-refractivity contribution >= 4 is 5.78 Å². The van der Waals surface area contributed by atoms with Gasteiger partial charge in [-0.05, 0) is 37.8 Å². The van der Waals surface area contributed by atoms with E-state index in [9.17, 15) is 18.0 Å². The Labute approximate surface area is 114 Å². The van der Waals surface area contributed by atoms with E-state index in [-0.39, 0.29) is 29.6 Å². The molecule has 0 aromatic carbocycles. The molecule has 1 aromatic rings. The summed E-state index contributed by atoms with van der Waals surface area (Å²) in [5.74, 6) is -0.562. The molecule has 108 valence electrons. The fourth-order valence-corrected chi connectivity index (χ4v) is 3.01. The first kappa shape index (κ1) is 13.5. The van der Waals surface area contributed by atoms with Crippen molar-refractivity contribution in [3.63, 3.8) is 0 Å². The topological polar surface area (TPSA) is 39.2 Å². The Morgan fingerprint density at radius 2 is 1.85 bits per heavy atom. The van der Waals surface area contributed by atoms with Crippen molar-refractivity contribution in [2.24, 2.45) is 5.92 Å². The minimum Gasteiger partial charge on any atom is -0.375 e. The van der Waals surface area contributed by atoms with E-state index >= 15 is 0 Å². The molecule has 20 heavy (non-hydrogen) atoms. The number of ether oxygens (including phenoxy) is 1. The molecule has 2 atom stereocenters. The van der Waals surface area contributed by atoms with Crippen LogP contribution in [0.3, 0.4) is 0 Å². The highest BCUT2D eigenvalue weighted by Crippen LogP contribution is 2.37. The molecule has 2 saturated heterocycles. The molecule has 2 bridgehead atoms. The third kappa shape index (κ3) is 2.57. The summed E-state index contributed by atoms with van der Waals surface area (Å²) in [4.78, 5) is 15.8. The average molecular weight is 285 g/mol. The Hall–Kier alpha value is -1.43. The first-order chi connectivity index (χ1) is 9.43. The van der Waals surface area contributed by atoms with E-state index in [1.165, 1.54) is 12.1 Å². The van der Waals surface area contributed by atoms with Gasteiger partial charge >= 0.3 is 6.18 Å². The number of Topliss-reactive ketones (excluding diaryl/α,β-unsaturated/α-hetero) is 1. The fraction of sp³-hybridized carbons (Fsp3) is 0.571. The molecule has 2 aliphatic heterocycles. The van der Waals surface area contributed by atoms with Gasteiger partial charge in [0, 0.05) is 5.92 Å². The Bertz CT molecular complexity index is 517. The number of aromatic nitrogens is 1. The van der Waals surface area contributed by atoms with Gasteiger partial charge in [0.15, 0.2) is 5.78 Å². The molecule has 0 radical (unpaired) electrons. The molecule has 3 rings (SSSR count). The predicted molar refractivity (Wildman–Crippen MR) is 64.2 cm³/mol. The third-order valence-corrected chi connectivity index (χ3v) is 3.95. The Morgan fingerprint density at radius 1 is 1.20 bits per heavy atom. The molecule has 0 spiro atoms. The number of alkyl halides is 3. The van der Waals surface area contributed by atoms with Gasteiger partial charge < -0.3 is 4.74 Å². The summed E-state index contributed by atoms with van der Waals surface area (Å²) in [6.45, 7) is 0. The van der Waals surface area contributed by atoms with E-state index in [1.54, 1.807) is 0 Å². The maximum Gasteiger partial charge on any atom is 0.433 e. The first-order valence-corrected chi connectivity index (χ1v) is 6.67. The number of rotatable bonds is 2. The van der Waals surface area contributed by atoms with Crippen molar-refractivity contribution in [3.05, 3.63) is 29.6 Å². The van der Waals surface area contributed by atoms with E-state index in [0.29, 0.717) is 12.8 Å². The summed E-state index contributed by atoms with van der Waals surface area (Å²) in [7, 11) is 0. The van der Waals surface area contributed by atoms with Gasteiger partial charge in [0.05, 0.1) is 12.2 Å². The Balaban J connectivity index is 1.80. The van der Waals surface area contributed by atoms with E-state index in [0.717, 1.165) is 18.9 Å². The van der Waals surface area contributed by atoms with Gasteiger partial charge in [0.25, 0.3) is 0 Å². The van der Waals surface area contributed by atoms with Crippen molar-refractivity contribution < 1.29 is 22.7 Å². The van der Waals surface area contributed by atoms with Crippen molar-refractivity contribution in [2.45, 2.75) is 44.1 Å². The maximum atomic E-state index is 12.6. The van der Waals surface area contributed by atoms with Crippen LogP contribution >= 0.6 is 0 Å². The summed E-state index contributed by atoms with van der Waals surface area (Å²) in [6.07, 6.45) is -1.32. The average Bonchev–Trinajstić information content (AvgIpc) is 2.76. The van der Waals surface area contributed by atoms with Crippen LogP contribution in [-0.2, 0) is 10.9 Å². The number of ketones is 1. The van der Waals surface area contributed by atoms with Crippen molar-refractivity contribution in [1.82, 2.24) is 4.98 Å². The van der Waals surface area contributed by atoms with Gasteiger partial charge in [-0.25, -0.2) is 4.98 Å². The lowest BCUT2D eigenvalue weighted by Gasteiger charge is -2.27. The lowest BCUT2D eigenvalue weighted by atomic mass is 9.89. The number of halogens is 3. The highest BCUT2D eigenvalue weighted by atomic mass is 19.4. The van der Waals surface area contributed by atoms with Gasteiger partial charge in [0.1, 0.15) is 11.4 Å². The first-order valence-electron chi connectivity index (χ1n) is 6.67. The fourth-order valence-electron chi connectivity index (χ4n) is 3.01. The molecule has 0 N–H and O–H groups in total. The standard InChI is InChI=1S/C14H14F3NO2/c15-14(16,17)12-3-1-2-11(18-12)13(19)8-6-9-4-5-10(7-8)20-9/h1-3,8-10H,4-7H2. The monoisotopic (exact) mass is 285 g/mol. The second kappa shape index (κ2) is 4.84. The summed E-state index contributed by atoms with van der Waals surface area (Å²) < 4.78 is 43.5. The number of hydrogen-bond donors (Lipinski definition) is 0. The van der Waals surface area contributed by atoms with Crippen LogP contribution in [0, 0.1) is 5.92 Å². The van der Waals surface area contributed by atoms with E-state index in [4.69, 9.17) is 4.74 Å². The SMILES string of the molecule is O=C(c1cccc(C(F)(F)F)n1)C1CC2CCC(C1)O2. The lowest BCUT2D eigenvalue weighted by Crippen LogP contribution is -2.30.